The van der Waals surface area contributed by atoms with E-state index in [0.29, 0.717) is 17.8 Å². The normalized spacial score (nSPS) is 17.5. The molecule has 0 bridgehead atoms. The average molecular weight is 395 g/mol. The first-order valence-corrected chi connectivity index (χ1v) is 9.87. The van der Waals surface area contributed by atoms with Gasteiger partial charge in [0.05, 0.1) is 0 Å². The van der Waals surface area contributed by atoms with Gasteiger partial charge >= 0.3 is 0 Å². The Bertz CT molecular complexity index is 1000. The number of fused-ring (bicyclic) bond motifs is 1. The summed E-state index contributed by atoms with van der Waals surface area (Å²) < 4.78 is 1.58. The first kappa shape index (κ1) is 19.4. The van der Waals surface area contributed by atoms with Crippen LogP contribution in [-0.4, -0.2) is 61.4 Å². The molecule has 3 heterocycles. The molecule has 0 radical (unpaired) electrons. The maximum atomic E-state index is 12.7. The number of hydrogen-bond donors (Lipinski definition) is 3. The maximum absolute atomic E-state index is 12.7. The van der Waals surface area contributed by atoms with Crippen LogP contribution in [0.25, 0.3) is 5.65 Å². The van der Waals surface area contributed by atoms with E-state index in [0.717, 1.165) is 43.6 Å². The smallest absolute Gasteiger partial charge is 0.272 e. The van der Waals surface area contributed by atoms with Gasteiger partial charge in [0.2, 0.25) is 0 Å². The number of benzene rings is 1. The molecule has 1 saturated heterocycles. The first-order chi connectivity index (χ1) is 14.1. The highest BCUT2D eigenvalue weighted by molar-refractivity contribution is 5.93. The molecule has 1 aliphatic heterocycles. The van der Waals surface area contributed by atoms with Crippen molar-refractivity contribution in [3.63, 3.8) is 0 Å². The number of nitrogens with zero attached hydrogens (tertiary/aromatic N) is 4. The molecule has 1 amide bonds. The van der Waals surface area contributed by atoms with E-state index >= 15 is 0 Å². The topological polar surface area (TPSA) is 103 Å². The molecule has 1 unspecified atom stereocenters. The fraction of sp³-hybridized carbons (Fsp3) is 0.381. The summed E-state index contributed by atoms with van der Waals surface area (Å²) in [7, 11) is 0. The van der Waals surface area contributed by atoms with E-state index in [1.807, 2.05) is 12.1 Å². The van der Waals surface area contributed by atoms with Crippen LogP contribution < -0.4 is 5.32 Å². The Balaban J connectivity index is 1.39. The monoisotopic (exact) mass is 395 g/mol. The third-order valence-electron chi connectivity index (χ3n) is 5.16. The molecule has 1 aromatic carbocycles. The molecule has 0 aliphatic carbocycles. The summed E-state index contributed by atoms with van der Waals surface area (Å²) in [5.41, 5.74) is 2.86. The number of phenolic OH excluding ortho intramolecular Hbond substituents is 1. The van der Waals surface area contributed by atoms with E-state index in [1.165, 1.54) is 0 Å². The number of piperidine rings is 1. The lowest BCUT2D eigenvalue weighted by atomic mass is 10.0. The van der Waals surface area contributed by atoms with Crippen molar-refractivity contribution < 1.29 is 15.0 Å². The van der Waals surface area contributed by atoms with E-state index < -0.39 is 0 Å². The summed E-state index contributed by atoms with van der Waals surface area (Å²) in [5, 5.41) is 26.1. The molecule has 29 heavy (non-hydrogen) atoms. The van der Waals surface area contributed by atoms with Crippen LogP contribution in [0.3, 0.4) is 0 Å². The van der Waals surface area contributed by atoms with Crippen molar-refractivity contribution in [1.29, 1.82) is 0 Å². The summed E-state index contributed by atoms with van der Waals surface area (Å²) >= 11 is 0. The number of carbonyl (C=O) groups excluding carboxylic acids is 1. The lowest BCUT2D eigenvalue weighted by molar-refractivity contribution is 0.0895. The van der Waals surface area contributed by atoms with E-state index in [4.69, 9.17) is 5.11 Å². The molecule has 0 spiro atoms. The minimum atomic E-state index is -0.205. The Morgan fingerprint density at radius 1 is 1.28 bits per heavy atom. The van der Waals surface area contributed by atoms with E-state index in [9.17, 15) is 9.90 Å². The number of aliphatic hydroxyl groups is 1. The number of aromatic nitrogens is 3. The molecule has 2 aromatic heterocycles. The van der Waals surface area contributed by atoms with Crippen LogP contribution in [0, 0.1) is 0 Å². The van der Waals surface area contributed by atoms with Crippen molar-refractivity contribution in [2.24, 2.45) is 0 Å². The number of carbonyl (C=O) groups is 1. The van der Waals surface area contributed by atoms with Crippen molar-refractivity contribution in [3.8, 4) is 5.75 Å². The summed E-state index contributed by atoms with van der Waals surface area (Å²) in [6, 6.07) is 9.01. The molecule has 0 saturated carbocycles. The summed E-state index contributed by atoms with van der Waals surface area (Å²) in [5.74, 6) is 0.0652. The van der Waals surface area contributed by atoms with E-state index in [1.54, 1.807) is 35.1 Å². The molecular formula is C21H25N5O3. The minimum Gasteiger partial charge on any atom is -0.508 e. The molecule has 152 valence electrons. The highest BCUT2D eigenvalue weighted by atomic mass is 16.3. The van der Waals surface area contributed by atoms with Crippen molar-refractivity contribution in [3.05, 3.63) is 59.5 Å². The number of aromatic hydroxyl groups is 1. The zero-order chi connectivity index (χ0) is 20.2. The standard InChI is InChI=1S/C21H25N5O3/c27-8-6-16-11-22-20-10-19(24-26(20)13-16)21(29)23-17-4-2-7-25(14-17)12-15-3-1-5-18(28)9-15/h1,3,5,9-11,13,17,27-28H,2,4,6-8,12,14H2,(H,23,29). The second kappa shape index (κ2) is 8.59. The Hall–Kier alpha value is -2.97. The van der Waals surface area contributed by atoms with Crippen LogP contribution in [0.1, 0.15) is 34.5 Å². The van der Waals surface area contributed by atoms with Crippen LogP contribution in [0.2, 0.25) is 0 Å². The third kappa shape index (κ3) is 4.72. The van der Waals surface area contributed by atoms with Crippen LogP contribution in [0.4, 0.5) is 0 Å². The van der Waals surface area contributed by atoms with Gasteiger partial charge in [-0.2, -0.15) is 5.10 Å². The Kier molecular flexibility index (Phi) is 5.73. The molecule has 1 fully saturated rings. The number of amides is 1. The van der Waals surface area contributed by atoms with Crippen LogP contribution in [-0.2, 0) is 13.0 Å². The van der Waals surface area contributed by atoms with E-state index in [2.05, 4.69) is 20.3 Å². The number of nitrogens with one attached hydrogen (secondary N) is 1. The second-order valence-corrected chi connectivity index (χ2v) is 7.49. The maximum Gasteiger partial charge on any atom is 0.272 e. The Morgan fingerprint density at radius 3 is 3.00 bits per heavy atom. The van der Waals surface area contributed by atoms with E-state index in [-0.39, 0.29) is 24.3 Å². The molecule has 1 atom stereocenters. The molecule has 3 aromatic rings. The highest BCUT2D eigenvalue weighted by Crippen LogP contribution is 2.17. The quantitative estimate of drug-likeness (QED) is 0.582. The van der Waals surface area contributed by atoms with Gasteiger partial charge in [0, 0.05) is 44.2 Å². The van der Waals surface area contributed by atoms with Crippen LogP contribution in [0.15, 0.2) is 42.7 Å². The van der Waals surface area contributed by atoms with Gasteiger partial charge in [-0.3, -0.25) is 9.69 Å². The van der Waals surface area contributed by atoms with Crippen LogP contribution >= 0.6 is 0 Å². The van der Waals surface area contributed by atoms with Gasteiger partial charge in [-0.05, 0) is 49.1 Å². The number of rotatable bonds is 6. The largest absolute Gasteiger partial charge is 0.508 e. The highest BCUT2D eigenvalue weighted by Gasteiger charge is 2.23. The summed E-state index contributed by atoms with van der Waals surface area (Å²) in [6.45, 7) is 2.51. The number of likely N-dealkylation sites (tertiary alicyclic amines) is 1. The molecule has 3 N–H and O–H groups in total. The first-order valence-electron chi connectivity index (χ1n) is 9.87. The lowest BCUT2D eigenvalue weighted by Gasteiger charge is -2.33. The SMILES string of the molecule is O=C(NC1CCCN(Cc2cccc(O)c2)C1)c1cc2ncc(CCO)cn2n1. The molecule has 1 aliphatic rings. The predicted molar refractivity (Wildman–Crippen MR) is 108 cm³/mol. The van der Waals surface area contributed by atoms with Gasteiger partial charge in [0.15, 0.2) is 11.3 Å². The third-order valence-corrected chi connectivity index (χ3v) is 5.16. The van der Waals surface area contributed by atoms with Gasteiger partial charge in [0.1, 0.15) is 5.75 Å². The zero-order valence-electron chi connectivity index (χ0n) is 16.2. The summed E-state index contributed by atoms with van der Waals surface area (Å²) in [4.78, 5) is 19.3. The van der Waals surface area contributed by atoms with Gasteiger partial charge in [-0.25, -0.2) is 9.50 Å². The Labute approximate surface area is 168 Å². The van der Waals surface area contributed by atoms with Crippen LogP contribution in [0.5, 0.6) is 5.75 Å². The van der Waals surface area contributed by atoms with Crippen molar-refractivity contribution in [1.82, 2.24) is 24.8 Å². The van der Waals surface area contributed by atoms with Crippen molar-refractivity contribution in [2.45, 2.75) is 31.8 Å². The van der Waals surface area contributed by atoms with Gasteiger partial charge in [0.25, 0.3) is 5.91 Å². The predicted octanol–water partition coefficient (Wildman–Crippen LogP) is 1.36. The second-order valence-electron chi connectivity index (χ2n) is 7.49. The van der Waals surface area contributed by atoms with Crippen molar-refractivity contribution in [2.75, 3.05) is 19.7 Å². The number of aliphatic hydroxyl groups excluding tert-OH is 1. The fourth-order valence-corrected chi connectivity index (χ4v) is 3.77. The fourth-order valence-electron chi connectivity index (χ4n) is 3.77. The lowest BCUT2D eigenvalue weighted by Crippen LogP contribution is -2.47. The van der Waals surface area contributed by atoms with Gasteiger partial charge in [-0.1, -0.05) is 12.1 Å². The molecule has 8 nitrogen and oxygen atoms in total. The summed E-state index contributed by atoms with van der Waals surface area (Å²) in [6.07, 6.45) is 5.90. The number of phenols is 1. The number of hydrogen-bond acceptors (Lipinski definition) is 6. The Morgan fingerprint density at radius 2 is 2.17 bits per heavy atom. The zero-order valence-corrected chi connectivity index (χ0v) is 16.2. The minimum absolute atomic E-state index is 0.0442. The molecule has 4 rings (SSSR count). The van der Waals surface area contributed by atoms with Gasteiger partial charge in [-0.15, -0.1) is 0 Å². The average Bonchev–Trinajstić information content (AvgIpc) is 3.12. The van der Waals surface area contributed by atoms with Gasteiger partial charge < -0.3 is 15.5 Å². The molecule has 8 heteroatoms. The van der Waals surface area contributed by atoms with Crippen molar-refractivity contribution >= 4 is 11.6 Å². The molecular weight excluding hydrogens is 370 g/mol.